The van der Waals surface area contributed by atoms with Gasteiger partial charge >= 0.3 is 0 Å². The predicted octanol–water partition coefficient (Wildman–Crippen LogP) is 2.89. The summed E-state index contributed by atoms with van der Waals surface area (Å²) < 4.78 is 34.5. The third kappa shape index (κ3) is 4.43. The summed E-state index contributed by atoms with van der Waals surface area (Å²) in [6.07, 6.45) is 5.49. The topological polar surface area (TPSA) is 52.6 Å². The summed E-state index contributed by atoms with van der Waals surface area (Å²) >= 11 is 1.77. The zero-order valence-electron chi connectivity index (χ0n) is 13.1. The summed E-state index contributed by atoms with van der Waals surface area (Å²) in [6.45, 7) is 2.45. The molecule has 0 saturated carbocycles. The van der Waals surface area contributed by atoms with Crippen molar-refractivity contribution in [3.8, 4) is 11.5 Å². The van der Waals surface area contributed by atoms with E-state index in [1.165, 1.54) is 6.26 Å². The maximum Gasteiger partial charge on any atom is 0.161 e. The van der Waals surface area contributed by atoms with E-state index in [4.69, 9.17) is 9.47 Å². The summed E-state index contributed by atoms with van der Waals surface area (Å²) in [5.41, 5.74) is 0.971. The van der Waals surface area contributed by atoms with Gasteiger partial charge in [-0.15, -0.1) is 11.8 Å². The van der Waals surface area contributed by atoms with Crippen molar-refractivity contribution >= 4 is 21.6 Å². The molecule has 1 aliphatic rings. The molecule has 2 atom stereocenters. The lowest BCUT2D eigenvalue weighted by atomic mass is 9.96. The van der Waals surface area contributed by atoms with Crippen LogP contribution in [0.2, 0.25) is 0 Å². The van der Waals surface area contributed by atoms with Gasteiger partial charge in [-0.1, -0.05) is 18.2 Å². The van der Waals surface area contributed by atoms with Crippen LogP contribution in [0.3, 0.4) is 0 Å². The lowest BCUT2D eigenvalue weighted by Crippen LogP contribution is -2.21. The molecule has 0 spiro atoms. The minimum atomic E-state index is -3.07. The Labute approximate surface area is 136 Å². The highest BCUT2D eigenvalue weighted by Gasteiger charge is 2.28. The van der Waals surface area contributed by atoms with Crippen LogP contribution in [0.1, 0.15) is 18.4 Å². The van der Waals surface area contributed by atoms with Gasteiger partial charge in [0.15, 0.2) is 11.5 Å². The highest BCUT2D eigenvalue weighted by Crippen LogP contribution is 2.38. The summed E-state index contributed by atoms with van der Waals surface area (Å²) in [7, 11) is -1.47. The van der Waals surface area contributed by atoms with E-state index >= 15 is 0 Å². The van der Waals surface area contributed by atoms with Gasteiger partial charge in [-0.2, -0.15) is 0 Å². The molecular weight excluding hydrogens is 320 g/mol. The van der Waals surface area contributed by atoms with E-state index in [1.54, 1.807) is 18.9 Å². The Kier molecular flexibility index (Phi) is 5.81. The second-order valence-electron chi connectivity index (χ2n) is 5.27. The quantitative estimate of drug-likeness (QED) is 0.713. The minimum absolute atomic E-state index is 0.0798. The first-order valence-corrected chi connectivity index (χ1v) is 10.3. The maximum atomic E-state index is 11.8. The Morgan fingerprint density at radius 2 is 2.14 bits per heavy atom. The van der Waals surface area contributed by atoms with Gasteiger partial charge in [-0.25, -0.2) is 8.42 Å². The van der Waals surface area contributed by atoms with E-state index in [1.807, 2.05) is 25.1 Å². The largest absolute Gasteiger partial charge is 0.493 e. The van der Waals surface area contributed by atoms with Crippen LogP contribution in [0.4, 0.5) is 0 Å². The van der Waals surface area contributed by atoms with Gasteiger partial charge in [0.25, 0.3) is 0 Å². The number of methoxy groups -OCH3 is 1. The Balaban J connectivity index is 2.37. The molecule has 1 aromatic rings. The predicted molar refractivity (Wildman–Crippen MR) is 92.0 cm³/mol. The number of thioether (sulfide) groups is 1. The molecule has 0 fully saturated rings. The fourth-order valence-corrected chi connectivity index (χ4v) is 4.89. The monoisotopic (exact) mass is 342 g/mol. The minimum Gasteiger partial charge on any atom is -0.493 e. The Hall–Kier alpha value is -1.14. The Morgan fingerprint density at radius 1 is 1.36 bits per heavy atom. The van der Waals surface area contributed by atoms with Crippen LogP contribution in [0, 0.1) is 0 Å². The molecule has 0 radical (unpaired) electrons. The van der Waals surface area contributed by atoms with Crippen LogP contribution < -0.4 is 9.47 Å². The number of sulfone groups is 1. The van der Waals surface area contributed by atoms with Crippen LogP contribution in [0.5, 0.6) is 11.5 Å². The van der Waals surface area contributed by atoms with Crippen molar-refractivity contribution in [2.75, 3.05) is 31.5 Å². The van der Waals surface area contributed by atoms with Crippen molar-refractivity contribution in [3.05, 3.63) is 35.9 Å². The summed E-state index contributed by atoms with van der Waals surface area (Å²) in [5, 5.41) is 0.178. The van der Waals surface area contributed by atoms with Gasteiger partial charge in [0.05, 0.1) is 19.5 Å². The Morgan fingerprint density at radius 3 is 2.68 bits per heavy atom. The summed E-state index contributed by atoms with van der Waals surface area (Å²) in [6, 6.07) is 5.69. The lowest BCUT2D eigenvalue weighted by Gasteiger charge is -2.23. The molecule has 22 heavy (non-hydrogen) atoms. The lowest BCUT2D eigenvalue weighted by molar-refractivity contribution is 0.310. The molecule has 0 saturated heterocycles. The van der Waals surface area contributed by atoms with Crippen molar-refractivity contribution in [3.63, 3.8) is 0 Å². The molecule has 0 bridgehead atoms. The average Bonchev–Trinajstić information content (AvgIpc) is 2.98. The molecule has 0 aliphatic carbocycles. The molecule has 1 aliphatic heterocycles. The number of hydrogen-bond donors (Lipinski definition) is 0. The van der Waals surface area contributed by atoms with Gasteiger partial charge in [0, 0.05) is 23.2 Å². The van der Waals surface area contributed by atoms with Crippen molar-refractivity contribution in [1.29, 1.82) is 0 Å². The highest BCUT2D eigenvalue weighted by atomic mass is 32.2. The van der Waals surface area contributed by atoms with E-state index in [9.17, 15) is 8.42 Å². The zero-order valence-corrected chi connectivity index (χ0v) is 14.7. The van der Waals surface area contributed by atoms with Crippen LogP contribution in [0.15, 0.2) is 30.4 Å². The van der Waals surface area contributed by atoms with E-state index in [0.717, 1.165) is 11.3 Å². The van der Waals surface area contributed by atoms with E-state index in [2.05, 4.69) is 12.2 Å². The fraction of sp³-hybridized carbons (Fsp3) is 0.500. The smallest absolute Gasteiger partial charge is 0.161 e. The third-order valence-corrected chi connectivity index (χ3v) is 5.73. The second-order valence-corrected chi connectivity index (χ2v) is 8.66. The van der Waals surface area contributed by atoms with E-state index < -0.39 is 9.84 Å². The molecule has 1 heterocycles. The molecule has 122 valence electrons. The van der Waals surface area contributed by atoms with Crippen LogP contribution >= 0.6 is 11.8 Å². The van der Waals surface area contributed by atoms with E-state index in [0.29, 0.717) is 18.1 Å². The number of hydrogen-bond acceptors (Lipinski definition) is 5. The van der Waals surface area contributed by atoms with Crippen molar-refractivity contribution in [1.82, 2.24) is 0 Å². The Bertz CT molecular complexity index is 638. The molecule has 0 N–H and O–H groups in total. The molecule has 0 amide bonds. The van der Waals surface area contributed by atoms with Crippen LogP contribution in [0.25, 0.3) is 0 Å². The molecule has 6 heteroatoms. The van der Waals surface area contributed by atoms with Crippen LogP contribution in [-0.4, -0.2) is 45.1 Å². The maximum absolute atomic E-state index is 11.8. The van der Waals surface area contributed by atoms with Gasteiger partial charge in [0.2, 0.25) is 0 Å². The molecule has 4 nitrogen and oxygen atoms in total. The molecule has 2 rings (SSSR count). The zero-order chi connectivity index (χ0) is 16.2. The first-order chi connectivity index (χ1) is 10.4. The van der Waals surface area contributed by atoms with Gasteiger partial charge < -0.3 is 9.47 Å². The standard InChI is InChI=1S/C16H22O4S2/c1-4-20-15-10-12(7-8-14(15)19-2)13(11-22(3,17)18)16-6-5-9-21-16/h5-8,10,13,16H,4,9,11H2,1-3H3/t13?,16-/m0/s1. The van der Waals surface area contributed by atoms with E-state index in [-0.39, 0.29) is 16.9 Å². The van der Waals surface area contributed by atoms with Crippen molar-refractivity contribution in [2.45, 2.75) is 18.1 Å². The first kappa shape index (κ1) is 17.2. The number of ether oxygens (including phenoxy) is 2. The molecule has 1 unspecified atom stereocenters. The van der Waals surface area contributed by atoms with Gasteiger partial charge in [-0.3, -0.25) is 0 Å². The van der Waals surface area contributed by atoms with Crippen molar-refractivity contribution in [2.24, 2.45) is 0 Å². The summed E-state index contributed by atoms with van der Waals surface area (Å²) in [4.78, 5) is 0. The highest BCUT2D eigenvalue weighted by molar-refractivity contribution is 8.00. The normalized spacial score (nSPS) is 19.1. The summed E-state index contributed by atoms with van der Waals surface area (Å²) in [5.74, 6) is 2.31. The first-order valence-electron chi connectivity index (χ1n) is 7.21. The van der Waals surface area contributed by atoms with Gasteiger partial charge in [-0.05, 0) is 24.6 Å². The molecular formula is C16H22O4S2. The van der Waals surface area contributed by atoms with Crippen molar-refractivity contribution < 1.29 is 17.9 Å². The number of benzene rings is 1. The number of rotatable bonds is 7. The third-order valence-electron chi connectivity index (χ3n) is 3.51. The molecule has 1 aromatic carbocycles. The molecule has 0 aromatic heterocycles. The van der Waals surface area contributed by atoms with Gasteiger partial charge in [0.1, 0.15) is 9.84 Å². The second kappa shape index (κ2) is 7.42. The fourth-order valence-electron chi connectivity index (χ4n) is 2.56. The average molecular weight is 342 g/mol. The SMILES string of the molecule is CCOc1cc(C(CS(C)(=O)=O)[C@@H]2C=CCS2)ccc1OC. The van der Waals surface area contributed by atoms with Crippen LogP contribution in [-0.2, 0) is 9.84 Å².